The molecule has 0 amide bonds. The molecular formula is C13H26N2. The van der Waals surface area contributed by atoms with Gasteiger partial charge in [0.05, 0.1) is 0 Å². The molecule has 88 valence electrons. The normalized spacial score (nSPS) is 37.8. The standard InChI is InChI=1S/C13H26N2/c1-11-6-4-5-7-12(11)15-9-8-14-10-13(15,2)3/h11-12,14H,4-10H2,1-3H3. The van der Waals surface area contributed by atoms with Crippen molar-refractivity contribution in [1.82, 2.24) is 10.2 Å². The van der Waals surface area contributed by atoms with Gasteiger partial charge in [-0.25, -0.2) is 0 Å². The molecule has 2 nitrogen and oxygen atoms in total. The summed E-state index contributed by atoms with van der Waals surface area (Å²) in [7, 11) is 0. The van der Waals surface area contributed by atoms with Crippen LogP contribution in [0, 0.1) is 5.92 Å². The number of piperazine rings is 1. The summed E-state index contributed by atoms with van der Waals surface area (Å²) in [4.78, 5) is 2.77. The van der Waals surface area contributed by atoms with Crippen LogP contribution in [0.15, 0.2) is 0 Å². The molecule has 2 aliphatic rings. The first-order valence-electron chi connectivity index (χ1n) is 6.59. The van der Waals surface area contributed by atoms with Crippen LogP contribution in [-0.4, -0.2) is 36.1 Å². The maximum absolute atomic E-state index is 3.52. The molecule has 0 bridgehead atoms. The van der Waals surface area contributed by atoms with Gasteiger partial charge in [0.1, 0.15) is 0 Å². The molecule has 0 radical (unpaired) electrons. The van der Waals surface area contributed by atoms with Crippen molar-refractivity contribution in [2.45, 2.75) is 58.0 Å². The summed E-state index contributed by atoms with van der Waals surface area (Å²) in [6.45, 7) is 10.8. The molecule has 1 saturated carbocycles. The number of rotatable bonds is 1. The molecule has 1 N–H and O–H groups in total. The van der Waals surface area contributed by atoms with Crippen molar-refractivity contribution in [1.29, 1.82) is 0 Å². The van der Waals surface area contributed by atoms with Crippen LogP contribution in [0.5, 0.6) is 0 Å². The number of hydrogen-bond acceptors (Lipinski definition) is 2. The molecule has 2 atom stereocenters. The van der Waals surface area contributed by atoms with Crippen LogP contribution >= 0.6 is 0 Å². The molecule has 1 saturated heterocycles. The third-order valence-electron chi connectivity index (χ3n) is 4.33. The lowest BCUT2D eigenvalue weighted by Crippen LogP contribution is -2.62. The van der Waals surface area contributed by atoms with E-state index in [0.717, 1.165) is 18.5 Å². The van der Waals surface area contributed by atoms with E-state index >= 15 is 0 Å². The van der Waals surface area contributed by atoms with Crippen LogP contribution in [-0.2, 0) is 0 Å². The van der Waals surface area contributed by atoms with Gasteiger partial charge < -0.3 is 5.32 Å². The predicted molar refractivity (Wildman–Crippen MR) is 65.1 cm³/mol. The molecule has 1 heterocycles. The molecule has 0 spiro atoms. The Morgan fingerprint density at radius 1 is 1.20 bits per heavy atom. The number of nitrogens with one attached hydrogen (secondary N) is 1. The van der Waals surface area contributed by atoms with Crippen LogP contribution in [0.25, 0.3) is 0 Å². The van der Waals surface area contributed by atoms with Crippen LogP contribution in [0.1, 0.15) is 46.5 Å². The fourth-order valence-electron chi connectivity index (χ4n) is 3.37. The van der Waals surface area contributed by atoms with Gasteiger partial charge in [0.2, 0.25) is 0 Å². The highest BCUT2D eigenvalue weighted by Crippen LogP contribution is 2.32. The minimum atomic E-state index is 0.356. The Balaban J connectivity index is 2.06. The predicted octanol–water partition coefficient (Wildman–Crippen LogP) is 2.25. The van der Waals surface area contributed by atoms with E-state index in [0.29, 0.717) is 5.54 Å². The van der Waals surface area contributed by atoms with Gasteiger partial charge in [0.25, 0.3) is 0 Å². The summed E-state index contributed by atoms with van der Waals surface area (Å²) in [6.07, 6.45) is 5.74. The van der Waals surface area contributed by atoms with Crippen molar-refractivity contribution in [3.63, 3.8) is 0 Å². The van der Waals surface area contributed by atoms with Gasteiger partial charge in [-0.2, -0.15) is 0 Å². The zero-order valence-corrected chi connectivity index (χ0v) is 10.6. The first-order valence-corrected chi connectivity index (χ1v) is 6.59. The Morgan fingerprint density at radius 3 is 2.60 bits per heavy atom. The van der Waals surface area contributed by atoms with E-state index in [1.54, 1.807) is 0 Å². The lowest BCUT2D eigenvalue weighted by atomic mass is 9.82. The van der Waals surface area contributed by atoms with E-state index in [9.17, 15) is 0 Å². The zero-order chi connectivity index (χ0) is 10.9. The molecule has 2 unspecified atom stereocenters. The Hall–Kier alpha value is -0.0800. The first-order chi connectivity index (χ1) is 7.11. The lowest BCUT2D eigenvalue weighted by molar-refractivity contribution is 0.00553. The van der Waals surface area contributed by atoms with Crippen molar-refractivity contribution < 1.29 is 0 Å². The second-order valence-electron chi connectivity index (χ2n) is 6.01. The molecular weight excluding hydrogens is 184 g/mol. The smallest absolute Gasteiger partial charge is 0.0281 e. The molecule has 0 aromatic heterocycles. The summed E-state index contributed by atoms with van der Waals surface area (Å²) >= 11 is 0. The molecule has 0 aromatic rings. The highest BCUT2D eigenvalue weighted by molar-refractivity contribution is 4.94. The fourth-order valence-corrected chi connectivity index (χ4v) is 3.37. The van der Waals surface area contributed by atoms with E-state index < -0.39 is 0 Å². The molecule has 2 fully saturated rings. The number of hydrogen-bond donors (Lipinski definition) is 1. The lowest BCUT2D eigenvalue weighted by Gasteiger charge is -2.50. The van der Waals surface area contributed by atoms with Crippen LogP contribution < -0.4 is 5.32 Å². The van der Waals surface area contributed by atoms with Gasteiger partial charge in [0.15, 0.2) is 0 Å². The summed E-state index contributed by atoms with van der Waals surface area (Å²) in [5.74, 6) is 0.899. The Morgan fingerprint density at radius 2 is 1.93 bits per heavy atom. The van der Waals surface area contributed by atoms with Crippen molar-refractivity contribution in [3.8, 4) is 0 Å². The van der Waals surface area contributed by atoms with Gasteiger partial charge in [-0.15, -0.1) is 0 Å². The quantitative estimate of drug-likeness (QED) is 0.714. The fraction of sp³-hybridized carbons (Fsp3) is 1.00. The molecule has 1 aliphatic heterocycles. The van der Waals surface area contributed by atoms with E-state index in [1.807, 2.05) is 0 Å². The molecule has 15 heavy (non-hydrogen) atoms. The van der Waals surface area contributed by atoms with Crippen molar-refractivity contribution in [2.24, 2.45) is 5.92 Å². The minimum Gasteiger partial charge on any atom is -0.314 e. The highest BCUT2D eigenvalue weighted by Gasteiger charge is 2.37. The monoisotopic (exact) mass is 210 g/mol. The molecule has 0 aromatic carbocycles. The van der Waals surface area contributed by atoms with E-state index in [-0.39, 0.29) is 0 Å². The van der Waals surface area contributed by atoms with Gasteiger partial charge >= 0.3 is 0 Å². The molecule has 2 heteroatoms. The topological polar surface area (TPSA) is 15.3 Å². The van der Waals surface area contributed by atoms with Crippen LogP contribution in [0.2, 0.25) is 0 Å². The second kappa shape index (κ2) is 4.42. The summed E-state index contributed by atoms with van der Waals surface area (Å²) in [6, 6.07) is 0.843. The summed E-state index contributed by atoms with van der Waals surface area (Å²) < 4.78 is 0. The largest absolute Gasteiger partial charge is 0.314 e. The van der Waals surface area contributed by atoms with Gasteiger partial charge in [-0.3, -0.25) is 4.90 Å². The van der Waals surface area contributed by atoms with Gasteiger partial charge in [-0.1, -0.05) is 19.8 Å². The highest BCUT2D eigenvalue weighted by atomic mass is 15.3. The maximum Gasteiger partial charge on any atom is 0.0281 e. The van der Waals surface area contributed by atoms with Gasteiger partial charge in [0, 0.05) is 31.2 Å². The minimum absolute atomic E-state index is 0.356. The van der Waals surface area contributed by atoms with Crippen LogP contribution in [0.4, 0.5) is 0 Å². The third-order valence-corrected chi connectivity index (χ3v) is 4.33. The second-order valence-corrected chi connectivity index (χ2v) is 6.01. The van der Waals surface area contributed by atoms with Crippen molar-refractivity contribution >= 4 is 0 Å². The van der Waals surface area contributed by atoms with Gasteiger partial charge in [-0.05, 0) is 32.6 Å². The third kappa shape index (κ3) is 2.36. The summed E-state index contributed by atoms with van der Waals surface area (Å²) in [5, 5.41) is 3.52. The Bertz CT molecular complexity index is 213. The Kier molecular flexibility index (Phi) is 3.36. The average molecular weight is 210 g/mol. The van der Waals surface area contributed by atoms with Crippen molar-refractivity contribution in [3.05, 3.63) is 0 Å². The Labute approximate surface area is 94.4 Å². The van der Waals surface area contributed by atoms with E-state index in [1.165, 1.54) is 38.8 Å². The van der Waals surface area contributed by atoms with Crippen LogP contribution in [0.3, 0.4) is 0 Å². The maximum atomic E-state index is 3.52. The van der Waals surface area contributed by atoms with Crippen molar-refractivity contribution in [2.75, 3.05) is 19.6 Å². The zero-order valence-electron chi connectivity index (χ0n) is 10.6. The average Bonchev–Trinajstić information content (AvgIpc) is 2.19. The molecule has 1 aliphatic carbocycles. The SMILES string of the molecule is CC1CCCCC1N1CCNCC1(C)C. The summed E-state index contributed by atoms with van der Waals surface area (Å²) in [5.41, 5.74) is 0.356. The van der Waals surface area contributed by atoms with E-state index in [2.05, 4.69) is 31.0 Å². The number of nitrogens with zero attached hydrogens (tertiary/aromatic N) is 1. The van der Waals surface area contributed by atoms with E-state index in [4.69, 9.17) is 0 Å². The first kappa shape index (κ1) is 11.4. The molecule has 2 rings (SSSR count).